The summed E-state index contributed by atoms with van der Waals surface area (Å²) in [5.41, 5.74) is 3.68. The fourth-order valence-electron chi connectivity index (χ4n) is 3.05. The highest BCUT2D eigenvalue weighted by molar-refractivity contribution is 6.35. The lowest BCUT2D eigenvalue weighted by atomic mass is 9.98. The first-order chi connectivity index (χ1) is 14.0. The number of benzene rings is 3. The molecule has 0 fully saturated rings. The predicted octanol–water partition coefficient (Wildman–Crippen LogP) is 5.92. The lowest BCUT2D eigenvalue weighted by molar-refractivity contribution is -0.136. The van der Waals surface area contributed by atoms with E-state index in [1.54, 1.807) is 25.3 Å². The SMILES string of the molecule is COc1ccc(-c2cccc(CC(=O)O)c2)cc1CCOc1ccc(Cl)cc1Cl. The maximum absolute atomic E-state index is 11.0. The van der Waals surface area contributed by atoms with Gasteiger partial charge in [-0.25, -0.2) is 0 Å². The number of halogens is 2. The molecule has 0 heterocycles. The molecule has 0 amide bonds. The Morgan fingerprint density at radius 3 is 2.45 bits per heavy atom. The van der Waals surface area contributed by atoms with Crippen LogP contribution in [0.4, 0.5) is 0 Å². The molecule has 0 radical (unpaired) electrons. The van der Waals surface area contributed by atoms with Crippen molar-refractivity contribution in [3.63, 3.8) is 0 Å². The second-order valence-corrected chi connectivity index (χ2v) is 7.31. The number of ether oxygens (including phenoxy) is 2. The van der Waals surface area contributed by atoms with E-state index < -0.39 is 5.97 Å². The largest absolute Gasteiger partial charge is 0.496 e. The Kier molecular flexibility index (Phi) is 7.02. The first-order valence-corrected chi connectivity index (χ1v) is 9.77. The van der Waals surface area contributed by atoms with Crippen LogP contribution >= 0.6 is 23.2 Å². The van der Waals surface area contributed by atoms with Gasteiger partial charge in [-0.3, -0.25) is 4.79 Å². The molecular weight excluding hydrogens is 411 g/mol. The normalized spacial score (nSPS) is 10.6. The van der Waals surface area contributed by atoms with Crippen molar-refractivity contribution >= 4 is 29.2 Å². The number of methoxy groups -OCH3 is 1. The molecule has 150 valence electrons. The van der Waals surface area contributed by atoms with Crippen LogP contribution in [0.5, 0.6) is 11.5 Å². The summed E-state index contributed by atoms with van der Waals surface area (Å²) in [7, 11) is 1.63. The van der Waals surface area contributed by atoms with Gasteiger partial charge in [0.25, 0.3) is 0 Å². The second-order valence-electron chi connectivity index (χ2n) is 6.47. The van der Waals surface area contributed by atoms with Gasteiger partial charge >= 0.3 is 5.97 Å². The lowest BCUT2D eigenvalue weighted by Gasteiger charge is -2.13. The van der Waals surface area contributed by atoms with Gasteiger partial charge in [-0.15, -0.1) is 0 Å². The third-order valence-corrected chi connectivity index (χ3v) is 4.95. The summed E-state index contributed by atoms with van der Waals surface area (Å²) in [5, 5.41) is 10.0. The summed E-state index contributed by atoms with van der Waals surface area (Å²) in [6.07, 6.45) is 0.608. The molecule has 3 aromatic carbocycles. The molecule has 0 aliphatic carbocycles. The van der Waals surface area contributed by atoms with Crippen molar-refractivity contribution in [1.29, 1.82) is 0 Å². The van der Waals surface area contributed by atoms with E-state index in [4.69, 9.17) is 37.8 Å². The highest BCUT2D eigenvalue weighted by Gasteiger charge is 2.09. The summed E-state index contributed by atoms with van der Waals surface area (Å²) in [6, 6.07) is 18.5. The summed E-state index contributed by atoms with van der Waals surface area (Å²) in [6.45, 7) is 0.417. The van der Waals surface area contributed by atoms with Crippen LogP contribution in [0, 0.1) is 0 Å². The van der Waals surface area contributed by atoms with Gasteiger partial charge in [0.15, 0.2) is 0 Å². The molecule has 3 rings (SSSR count). The van der Waals surface area contributed by atoms with Crippen molar-refractivity contribution in [3.8, 4) is 22.6 Å². The average molecular weight is 431 g/mol. The molecule has 0 saturated carbocycles. The third kappa shape index (κ3) is 5.66. The number of rotatable bonds is 8. The Bertz CT molecular complexity index is 1020. The van der Waals surface area contributed by atoms with Crippen LogP contribution in [0.2, 0.25) is 10.0 Å². The van der Waals surface area contributed by atoms with Crippen LogP contribution < -0.4 is 9.47 Å². The summed E-state index contributed by atoms with van der Waals surface area (Å²) >= 11 is 12.1. The van der Waals surface area contributed by atoms with Gasteiger partial charge in [0, 0.05) is 11.4 Å². The van der Waals surface area contributed by atoms with Crippen molar-refractivity contribution in [2.75, 3.05) is 13.7 Å². The minimum atomic E-state index is -0.851. The Hall–Kier alpha value is -2.69. The molecule has 3 aromatic rings. The second kappa shape index (κ2) is 9.68. The maximum Gasteiger partial charge on any atom is 0.307 e. The number of aliphatic carboxylic acids is 1. The van der Waals surface area contributed by atoms with Crippen LogP contribution in [-0.2, 0) is 17.6 Å². The van der Waals surface area contributed by atoms with Gasteiger partial charge in [-0.1, -0.05) is 53.5 Å². The monoisotopic (exact) mass is 430 g/mol. The van der Waals surface area contributed by atoms with Crippen LogP contribution in [-0.4, -0.2) is 24.8 Å². The van der Waals surface area contributed by atoms with E-state index in [1.807, 2.05) is 42.5 Å². The smallest absolute Gasteiger partial charge is 0.307 e. The van der Waals surface area contributed by atoms with Gasteiger partial charge in [-0.2, -0.15) is 0 Å². The number of carboxylic acids is 1. The number of carboxylic acid groups (broad SMARTS) is 1. The average Bonchev–Trinajstić information content (AvgIpc) is 2.69. The zero-order valence-electron chi connectivity index (χ0n) is 15.8. The Balaban J connectivity index is 1.77. The highest BCUT2D eigenvalue weighted by atomic mass is 35.5. The standard InChI is InChI=1S/C23H20Cl2O4/c1-28-21-7-5-17(16-4-2-3-15(11-16)12-23(26)27)13-18(21)9-10-29-22-8-6-19(24)14-20(22)25/h2-8,11,13-14H,9-10,12H2,1H3,(H,26,27). The molecule has 1 N–H and O–H groups in total. The Morgan fingerprint density at radius 1 is 0.966 bits per heavy atom. The zero-order valence-corrected chi connectivity index (χ0v) is 17.3. The first kappa shape index (κ1) is 21.0. The molecule has 0 unspecified atom stereocenters. The van der Waals surface area contributed by atoms with Gasteiger partial charge in [0.2, 0.25) is 0 Å². The summed E-state index contributed by atoms with van der Waals surface area (Å²) < 4.78 is 11.3. The quantitative estimate of drug-likeness (QED) is 0.481. The maximum atomic E-state index is 11.0. The van der Waals surface area contributed by atoms with Gasteiger partial charge in [0.1, 0.15) is 11.5 Å². The third-order valence-electron chi connectivity index (χ3n) is 4.42. The van der Waals surface area contributed by atoms with Crippen molar-refractivity contribution in [2.45, 2.75) is 12.8 Å². The fourth-order valence-corrected chi connectivity index (χ4v) is 3.52. The molecule has 0 aliphatic heterocycles. The van der Waals surface area contributed by atoms with Gasteiger partial charge in [-0.05, 0) is 52.6 Å². The van der Waals surface area contributed by atoms with E-state index in [0.717, 1.165) is 28.0 Å². The molecule has 0 spiro atoms. The van der Waals surface area contributed by atoms with Crippen molar-refractivity contribution in [3.05, 3.63) is 81.8 Å². The van der Waals surface area contributed by atoms with Gasteiger partial charge in [0.05, 0.1) is 25.2 Å². The molecule has 0 aliphatic rings. The van der Waals surface area contributed by atoms with Crippen LogP contribution in [0.1, 0.15) is 11.1 Å². The van der Waals surface area contributed by atoms with Crippen molar-refractivity contribution in [2.24, 2.45) is 0 Å². The number of hydrogen-bond acceptors (Lipinski definition) is 3. The van der Waals surface area contributed by atoms with Gasteiger partial charge < -0.3 is 14.6 Å². The lowest BCUT2D eigenvalue weighted by Crippen LogP contribution is -2.04. The van der Waals surface area contributed by atoms with E-state index in [-0.39, 0.29) is 6.42 Å². The predicted molar refractivity (Wildman–Crippen MR) is 115 cm³/mol. The molecule has 0 bridgehead atoms. The molecule has 0 atom stereocenters. The minimum Gasteiger partial charge on any atom is -0.496 e. The topological polar surface area (TPSA) is 55.8 Å². The van der Waals surface area contributed by atoms with E-state index in [0.29, 0.717) is 28.8 Å². The zero-order chi connectivity index (χ0) is 20.8. The minimum absolute atomic E-state index is 0.00740. The summed E-state index contributed by atoms with van der Waals surface area (Å²) in [5.74, 6) is 0.490. The fraction of sp³-hybridized carbons (Fsp3) is 0.174. The van der Waals surface area contributed by atoms with Crippen LogP contribution in [0.3, 0.4) is 0 Å². The molecule has 0 saturated heterocycles. The van der Waals surface area contributed by atoms with E-state index in [9.17, 15) is 4.79 Å². The molecule has 29 heavy (non-hydrogen) atoms. The number of hydrogen-bond donors (Lipinski definition) is 1. The molecule has 4 nitrogen and oxygen atoms in total. The molecular formula is C23H20Cl2O4. The van der Waals surface area contributed by atoms with E-state index in [1.165, 1.54) is 0 Å². The Morgan fingerprint density at radius 2 is 1.72 bits per heavy atom. The Labute approximate surface area is 179 Å². The van der Waals surface area contributed by atoms with E-state index in [2.05, 4.69) is 0 Å². The van der Waals surface area contributed by atoms with Crippen molar-refractivity contribution < 1.29 is 19.4 Å². The summed E-state index contributed by atoms with van der Waals surface area (Å²) in [4.78, 5) is 11.0. The van der Waals surface area contributed by atoms with Crippen molar-refractivity contribution in [1.82, 2.24) is 0 Å². The molecule has 6 heteroatoms. The highest BCUT2D eigenvalue weighted by Crippen LogP contribution is 2.30. The van der Waals surface area contributed by atoms with E-state index >= 15 is 0 Å². The number of carbonyl (C=O) groups is 1. The molecule has 0 aromatic heterocycles. The van der Waals surface area contributed by atoms with Crippen LogP contribution in [0.25, 0.3) is 11.1 Å². The first-order valence-electron chi connectivity index (χ1n) is 9.02. The van der Waals surface area contributed by atoms with Crippen LogP contribution in [0.15, 0.2) is 60.7 Å².